The molecule has 0 N–H and O–H groups in total. The standard InChI is InChI=1S/C24H28N2O4/c1-2-29-23(28)24(14-18-30-21-8-4-3-5-9-21)12-16-26(17-13-24)22(27)11-10-20-7-6-15-25-19-20/h3-11,15,19H,2,12-14,16-18H2,1H3. The van der Waals surface area contributed by atoms with Gasteiger partial charge in [0, 0.05) is 31.6 Å². The van der Waals surface area contributed by atoms with Crippen LogP contribution in [0.2, 0.25) is 0 Å². The van der Waals surface area contributed by atoms with Crippen LogP contribution < -0.4 is 4.74 Å². The van der Waals surface area contributed by atoms with Crippen molar-refractivity contribution in [1.29, 1.82) is 0 Å². The highest BCUT2D eigenvalue weighted by Crippen LogP contribution is 2.37. The van der Waals surface area contributed by atoms with E-state index in [-0.39, 0.29) is 11.9 Å². The van der Waals surface area contributed by atoms with E-state index in [2.05, 4.69) is 4.98 Å². The molecule has 30 heavy (non-hydrogen) atoms. The van der Waals surface area contributed by atoms with Crippen molar-refractivity contribution in [3.05, 3.63) is 66.5 Å². The summed E-state index contributed by atoms with van der Waals surface area (Å²) in [6, 6.07) is 13.3. The summed E-state index contributed by atoms with van der Waals surface area (Å²) in [4.78, 5) is 31.1. The van der Waals surface area contributed by atoms with Gasteiger partial charge in [-0.05, 0) is 56.0 Å². The molecule has 2 aromatic rings. The van der Waals surface area contributed by atoms with Crippen molar-refractivity contribution < 1.29 is 19.1 Å². The van der Waals surface area contributed by atoms with Gasteiger partial charge in [-0.3, -0.25) is 14.6 Å². The van der Waals surface area contributed by atoms with Crippen LogP contribution in [0.25, 0.3) is 6.08 Å². The number of esters is 1. The van der Waals surface area contributed by atoms with Gasteiger partial charge in [-0.15, -0.1) is 0 Å². The number of hydrogen-bond donors (Lipinski definition) is 0. The molecule has 1 aliphatic heterocycles. The minimum absolute atomic E-state index is 0.0585. The Morgan fingerprint density at radius 3 is 2.57 bits per heavy atom. The molecule has 1 amide bonds. The van der Waals surface area contributed by atoms with Crippen LogP contribution in [0.15, 0.2) is 60.9 Å². The van der Waals surface area contributed by atoms with E-state index in [1.165, 1.54) is 0 Å². The zero-order valence-electron chi connectivity index (χ0n) is 17.3. The lowest BCUT2D eigenvalue weighted by atomic mass is 9.75. The Hall–Kier alpha value is -3.15. The Labute approximate surface area is 177 Å². The van der Waals surface area contributed by atoms with Crippen LogP contribution in [0.4, 0.5) is 0 Å². The number of hydrogen-bond acceptors (Lipinski definition) is 5. The Bertz CT molecular complexity index is 844. The molecule has 3 rings (SSSR count). The maximum absolute atomic E-state index is 12.7. The molecule has 2 heterocycles. The summed E-state index contributed by atoms with van der Waals surface area (Å²) in [5.74, 6) is 0.529. The van der Waals surface area contributed by atoms with Crippen LogP contribution in [-0.2, 0) is 14.3 Å². The van der Waals surface area contributed by atoms with Crippen LogP contribution in [0, 0.1) is 5.41 Å². The first-order valence-corrected chi connectivity index (χ1v) is 10.3. The van der Waals surface area contributed by atoms with Gasteiger partial charge in [-0.2, -0.15) is 0 Å². The van der Waals surface area contributed by atoms with Crippen LogP contribution in [0.5, 0.6) is 5.75 Å². The zero-order chi connectivity index (χ0) is 21.2. The van der Waals surface area contributed by atoms with E-state index in [9.17, 15) is 9.59 Å². The van der Waals surface area contributed by atoms with E-state index in [0.717, 1.165) is 11.3 Å². The predicted octanol–water partition coefficient (Wildman–Crippen LogP) is 3.74. The van der Waals surface area contributed by atoms with Gasteiger partial charge in [0.1, 0.15) is 5.75 Å². The molecule has 1 aromatic heterocycles. The Kier molecular flexibility index (Phi) is 7.60. The zero-order valence-corrected chi connectivity index (χ0v) is 17.3. The Morgan fingerprint density at radius 2 is 1.90 bits per heavy atom. The minimum Gasteiger partial charge on any atom is -0.494 e. The topological polar surface area (TPSA) is 68.7 Å². The molecule has 1 aromatic carbocycles. The number of carbonyl (C=O) groups is 2. The first-order chi connectivity index (χ1) is 14.6. The molecule has 1 fully saturated rings. The first kappa shape index (κ1) is 21.6. The molecule has 0 unspecified atom stereocenters. The van der Waals surface area contributed by atoms with Gasteiger partial charge >= 0.3 is 5.97 Å². The van der Waals surface area contributed by atoms with E-state index in [0.29, 0.717) is 45.6 Å². The van der Waals surface area contributed by atoms with Crippen molar-refractivity contribution in [3.63, 3.8) is 0 Å². The molecule has 158 valence electrons. The van der Waals surface area contributed by atoms with Gasteiger partial charge in [0.2, 0.25) is 5.91 Å². The number of pyridine rings is 1. The van der Waals surface area contributed by atoms with Crippen molar-refractivity contribution in [1.82, 2.24) is 9.88 Å². The summed E-state index contributed by atoms with van der Waals surface area (Å²) < 4.78 is 11.2. The number of benzene rings is 1. The third-order valence-electron chi connectivity index (χ3n) is 5.44. The number of piperidine rings is 1. The van der Waals surface area contributed by atoms with Crippen LogP contribution >= 0.6 is 0 Å². The molecule has 0 spiro atoms. The number of rotatable bonds is 8. The largest absolute Gasteiger partial charge is 0.494 e. The molecule has 0 atom stereocenters. The quantitative estimate of drug-likeness (QED) is 0.492. The lowest BCUT2D eigenvalue weighted by Crippen LogP contribution is -2.47. The predicted molar refractivity (Wildman–Crippen MR) is 115 cm³/mol. The smallest absolute Gasteiger partial charge is 0.312 e. The number of ether oxygens (including phenoxy) is 2. The van der Waals surface area contributed by atoms with Crippen molar-refractivity contribution in [3.8, 4) is 5.75 Å². The lowest BCUT2D eigenvalue weighted by molar-refractivity contribution is -0.161. The fraction of sp³-hybridized carbons (Fsp3) is 0.375. The van der Waals surface area contributed by atoms with Crippen LogP contribution in [0.3, 0.4) is 0 Å². The summed E-state index contributed by atoms with van der Waals surface area (Å²) >= 11 is 0. The first-order valence-electron chi connectivity index (χ1n) is 10.3. The second kappa shape index (κ2) is 10.6. The molecule has 1 saturated heterocycles. The minimum atomic E-state index is -0.616. The SMILES string of the molecule is CCOC(=O)C1(CCOc2ccccc2)CCN(C(=O)C=Cc2cccnc2)CC1. The maximum Gasteiger partial charge on any atom is 0.312 e. The molecule has 0 radical (unpaired) electrons. The lowest BCUT2D eigenvalue weighted by Gasteiger charge is -2.39. The number of nitrogens with zero attached hydrogens (tertiary/aromatic N) is 2. The number of aromatic nitrogens is 1. The Balaban J connectivity index is 1.58. The molecule has 1 aliphatic rings. The second-order valence-corrected chi connectivity index (χ2v) is 7.36. The number of likely N-dealkylation sites (tertiary alicyclic amines) is 1. The summed E-state index contributed by atoms with van der Waals surface area (Å²) in [5.41, 5.74) is 0.260. The third-order valence-corrected chi connectivity index (χ3v) is 5.44. The van der Waals surface area contributed by atoms with Gasteiger partial charge in [-0.1, -0.05) is 24.3 Å². The van der Waals surface area contributed by atoms with Gasteiger partial charge in [0.05, 0.1) is 18.6 Å². The van der Waals surface area contributed by atoms with E-state index >= 15 is 0 Å². The number of carbonyl (C=O) groups excluding carboxylic acids is 2. The summed E-state index contributed by atoms with van der Waals surface area (Å²) in [7, 11) is 0. The highest BCUT2D eigenvalue weighted by molar-refractivity contribution is 5.92. The third kappa shape index (κ3) is 5.69. The van der Waals surface area contributed by atoms with Crippen LogP contribution in [0.1, 0.15) is 31.7 Å². The number of amides is 1. The highest BCUT2D eigenvalue weighted by Gasteiger charge is 2.43. The average molecular weight is 408 g/mol. The molecular formula is C24H28N2O4. The van der Waals surface area contributed by atoms with Gasteiger partial charge in [0.15, 0.2) is 0 Å². The average Bonchev–Trinajstić information content (AvgIpc) is 2.79. The van der Waals surface area contributed by atoms with E-state index < -0.39 is 5.41 Å². The number of para-hydroxylation sites is 1. The van der Waals surface area contributed by atoms with E-state index in [1.807, 2.05) is 49.4 Å². The molecule has 0 bridgehead atoms. The van der Waals surface area contributed by atoms with Crippen molar-refractivity contribution >= 4 is 18.0 Å². The van der Waals surface area contributed by atoms with Crippen LogP contribution in [-0.4, -0.2) is 48.1 Å². The molecule has 6 heteroatoms. The summed E-state index contributed by atoms with van der Waals surface area (Å²) in [5, 5.41) is 0. The molecule has 0 saturated carbocycles. The fourth-order valence-corrected chi connectivity index (χ4v) is 3.62. The summed E-state index contributed by atoms with van der Waals surface area (Å²) in [6.45, 7) is 3.61. The fourth-order valence-electron chi connectivity index (χ4n) is 3.62. The highest BCUT2D eigenvalue weighted by atomic mass is 16.5. The molecule has 6 nitrogen and oxygen atoms in total. The van der Waals surface area contributed by atoms with E-state index in [1.54, 1.807) is 29.4 Å². The summed E-state index contributed by atoms with van der Waals surface area (Å²) in [6.07, 6.45) is 8.42. The van der Waals surface area contributed by atoms with E-state index in [4.69, 9.17) is 9.47 Å². The maximum atomic E-state index is 12.7. The van der Waals surface area contributed by atoms with Crippen molar-refractivity contribution in [2.45, 2.75) is 26.2 Å². The van der Waals surface area contributed by atoms with Crippen molar-refractivity contribution in [2.75, 3.05) is 26.3 Å². The second-order valence-electron chi connectivity index (χ2n) is 7.36. The monoisotopic (exact) mass is 408 g/mol. The Morgan fingerprint density at radius 1 is 1.13 bits per heavy atom. The normalized spacial score (nSPS) is 15.7. The molecular weight excluding hydrogens is 380 g/mol. The van der Waals surface area contributed by atoms with Crippen molar-refractivity contribution in [2.24, 2.45) is 5.41 Å². The molecule has 0 aliphatic carbocycles. The van der Waals surface area contributed by atoms with Gasteiger partial charge in [0.25, 0.3) is 0 Å². The van der Waals surface area contributed by atoms with Gasteiger partial charge in [-0.25, -0.2) is 0 Å². The van der Waals surface area contributed by atoms with Gasteiger partial charge < -0.3 is 14.4 Å².